The summed E-state index contributed by atoms with van der Waals surface area (Å²) in [6.07, 6.45) is 2.10. The van der Waals surface area contributed by atoms with Gasteiger partial charge in [-0.1, -0.05) is 13.8 Å². The van der Waals surface area contributed by atoms with Crippen LogP contribution in [0.3, 0.4) is 0 Å². The van der Waals surface area contributed by atoms with E-state index in [0.717, 1.165) is 26.2 Å². The smallest absolute Gasteiger partial charge is 0.0341 e. The molecular weight excluding hydrogens is 216 g/mol. The number of anilines is 1. The summed E-state index contributed by atoms with van der Waals surface area (Å²) in [5.74, 6) is 0. The van der Waals surface area contributed by atoms with Gasteiger partial charge in [0.2, 0.25) is 0 Å². The summed E-state index contributed by atoms with van der Waals surface area (Å²) in [5.41, 5.74) is 1.21. The molecule has 0 heterocycles. The molecule has 1 aromatic rings. The second kappa shape index (κ2) is 7.58. The number of benzene rings is 1. The van der Waals surface area contributed by atoms with Gasteiger partial charge in [-0.05, 0) is 43.6 Å². The van der Waals surface area contributed by atoms with E-state index in [1.54, 1.807) is 11.8 Å². The molecule has 0 aromatic heterocycles. The first kappa shape index (κ1) is 13.4. The second-order valence-corrected chi connectivity index (χ2v) is 4.56. The van der Waals surface area contributed by atoms with Crippen LogP contribution in [0.15, 0.2) is 29.2 Å². The summed E-state index contributed by atoms with van der Waals surface area (Å²) in [6, 6.07) is 8.61. The van der Waals surface area contributed by atoms with Gasteiger partial charge in [0.15, 0.2) is 0 Å². The Balaban J connectivity index is 2.31. The lowest BCUT2D eigenvalue weighted by molar-refractivity contribution is 0.316. The van der Waals surface area contributed by atoms with Crippen LogP contribution in [-0.4, -0.2) is 37.3 Å². The second-order valence-electron chi connectivity index (χ2n) is 3.68. The maximum absolute atomic E-state index is 3.44. The highest BCUT2D eigenvalue weighted by atomic mass is 32.2. The van der Waals surface area contributed by atoms with Crippen LogP contribution in [0.2, 0.25) is 0 Å². The zero-order chi connectivity index (χ0) is 11.8. The van der Waals surface area contributed by atoms with E-state index in [1.807, 2.05) is 0 Å². The van der Waals surface area contributed by atoms with E-state index in [4.69, 9.17) is 0 Å². The highest BCUT2D eigenvalue weighted by Crippen LogP contribution is 2.17. The monoisotopic (exact) mass is 238 g/mol. The minimum absolute atomic E-state index is 1.01. The first-order chi connectivity index (χ1) is 7.80. The molecule has 1 rings (SSSR count). The quantitative estimate of drug-likeness (QED) is 0.735. The summed E-state index contributed by atoms with van der Waals surface area (Å²) in [7, 11) is 0. The molecule has 0 aliphatic rings. The van der Waals surface area contributed by atoms with Gasteiger partial charge >= 0.3 is 0 Å². The average Bonchev–Trinajstić information content (AvgIpc) is 2.35. The van der Waals surface area contributed by atoms with Crippen molar-refractivity contribution >= 4 is 17.4 Å². The average molecular weight is 238 g/mol. The van der Waals surface area contributed by atoms with E-state index in [0.29, 0.717) is 0 Å². The molecule has 0 unspecified atom stereocenters. The summed E-state index contributed by atoms with van der Waals surface area (Å²) < 4.78 is 0. The molecule has 0 aliphatic heterocycles. The normalized spacial score (nSPS) is 10.8. The van der Waals surface area contributed by atoms with Crippen LogP contribution < -0.4 is 5.32 Å². The molecule has 90 valence electrons. The molecule has 0 saturated carbocycles. The fourth-order valence-electron chi connectivity index (χ4n) is 1.61. The van der Waals surface area contributed by atoms with Crippen LogP contribution in [0.4, 0.5) is 5.69 Å². The molecule has 0 saturated heterocycles. The van der Waals surface area contributed by atoms with Crippen molar-refractivity contribution in [1.82, 2.24) is 4.90 Å². The highest BCUT2D eigenvalue weighted by Gasteiger charge is 1.98. The molecule has 0 atom stereocenters. The van der Waals surface area contributed by atoms with Gasteiger partial charge in [0.25, 0.3) is 0 Å². The first-order valence-corrected chi connectivity index (χ1v) is 7.12. The van der Waals surface area contributed by atoms with Crippen molar-refractivity contribution in [2.45, 2.75) is 18.7 Å². The Hall–Kier alpha value is -0.670. The molecule has 0 aliphatic carbocycles. The van der Waals surface area contributed by atoms with Crippen molar-refractivity contribution in [3.05, 3.63) is 24.3 Å². The van der Waals surface area contributed by atoms with Crippen molar-refractivity contribution in [3.63, 3.8) is 0 Å². The van der Waals surface area contributed by atoms with Gasteiger partial charge in [0, 0.05) is 23.7 Å². The van der Waals surface area contributed by atoms with Crippen LogP contribution >= 0.6 is 11.8 Å². The number of hydrogen-bond acceptors (Lipinski definition) is 3. The van der Waals surface area contributed by atoms with E-state index in [2.05, 4.69) is 54.6 Å². The SMILES string of the molecule is CCN(CC)CCNc1ccc(SC)cc1. The Morgan fingerprint density at radius 1 is 1.12 bits per heavy atom. The van der Waals surface area contributed by atoms with Crippen LogP contribution in [0.5, 0.6) is 0 Å². The number of nitrogens with zero attached hydrogens (tertiary/aromatic N) is 1. The number of thioether (sulfide) groups is 1. The number of rotatable bonds is 7. The van der Waals surface area contributed by atoms with Crippen molar-refractivity contribution in [2.24, 2.45) is 0 Å². The number of hydrogen-bond donors (Lipinski definition) is 1. The lowest BCUT2D eigenvalue weighted by atomic mass is 10.3. The van der Waals surface area contributed by atoms with E-state index < -0.39 is 0 Å². The maximum Gasteiger partial charge on any atom is 0.0341 e. The summed E-state index contributed by atoms with van der Waals surface area (Å²) >= 11 is 1.78. The Kier molecular flexibility index (Phi) is 6.34. The molecule has 16 heavy (non-hydrogen) atoms. The molecule has 0 amide bonds. The summed E-state index contributed by atoms with van der Waals surface area (Å²) in [6.45, 7) is 8.79. The van der Waals surface area contributed by atoms with Gasteiger partial charge < -0.3 is 10.2 Å². The lowest BCUT2D eigenvalue weighted by Crippen LogP contribution is -2.28. The van der Waals surface area contributed by atoms with E-state index in [1.165, 1.54) is 10.6 Å². The standard InChI is InChI=1S/C13H22N2S/c1-4-15(5-2)11-10-14-12-6-8-13(16-3)9-7-12/h6-9,14H,4-5,10-11H2,1-3H3. The van der Waals surface area contributed by atoms with Crippen molar-refractivity contribution in [3.8, 4) is 0 Å². The summed E-state index contributed by atoms with van der Waals surface area (Å²) in [5, 5.41) is 3.44. The molecule has 1 aromatic carbocycles. The van der Waals surface area contributed by atoms with Gasteiger partial charge in [0.1, 0.15) is 0 Å². The predicted molar refractivity (Wildman–Crippen MR) is 74.5 cm³/mol. The van der Waals surface area contributed by atoms with Gasteiger partial charge in [0.05, 0.1) is 0 Å². The zero-order valence-corrected chi connectivity index (χ0v) is 11.3. The third kappa shape index (κ3) is 4.45. The van der Waals surface area contributed by atoms with E-state index in [-0.39, 0.29) is 0 Å². The van der Waals surface area contributed by atoms with Crippen LogP contribution in [-0.2, 0) is 0 Å². The van der Waals surface area contributed by atoms with E-state index >= 15 is 0 Å². The fraction of sp³-hybridized carbons (Fsp3) is 0.538. The van der Waals surface area contributed by atoms with Gasteiger partial charge in [-0.15, -0.1) is 11.8 Å². The Morgan fingerprint density at radius 3 is 2.25 bits per heavy atom. The van der Waals surface area contributed by atoms with Gasteiger partial charge in [-0.3, -0.25) is 0 Å². The van der Waals surface area contributed by atoms with Gasteiger partial charge in [-0.2, -0.15) is 0 Å². The molecule has 1 N–H and O–H groups in total. The molecule has 3 heteroatoms. The largest absolute Gasteiger partial charge is 0.384 e. The Morgan fingerprint density at radius 2 is 1.75 bits per heavy atom. The lowest BCUT2D eigenvalue weighted by Gasteiger charge is -2.18. The third-order valence-corrected chi connectivity index (χ3v) is 3.49. The minimum atomic E-state index is 1.01. The zero-order valence-electron chi connectivity index (χ0n) is 10.5. The summed E-state index contributed by atoms with van der Waals surface area (Å²) in [4.78, 5) is 3.73. The number of likely N-dealkylation sites (N-methyl/N-ethyl adjacent to an activating group) is 1. The van der Waals surface area contributed by atoms with E-state index in [9.17, 15) is 0 Å². The predicted octanol–water partition coefficient (Wildman–Crippen LogP) is 3.16. The maximum atomic E-state index is 3.44. The van der Waals surface area contributed by atoms with Crippen LogP contribution in [0.1, 0.15) is 13.8 Å². The topological polar surface area (TPSA) is 15.3 Å². The number of nitrogens with one attached hydrogen (secondary N) is 1. The molecule has 0 fully saturated rings. The molecule has 0 radical (unpaired) electrons. The Labute approximate surface area is 103 Å². The Bertz CT molecular complexity index is 280. The fourth-order valence-corrected chi connectivity index (χ4v) is 2.02. The third-order valence-electron chi connectivity index (χ3n) is 2.74. The van der Waals surface area contributed by atoms with Gasteiger partial charge in [-0.25, -0.2) is 0 Å². The first-order valence-electron chi connectivity index (χ1n) is 5.90. The van der Waals surface area contributed by atoms with Crippen molar-refractivity contribution in [2.75, 3.05) is 37.8 Å². The van der Waals surface area contributed by atoms with Crippen LogP contribution in [0, 0.1) is 0 Å². The molecular formula is C13H22N2S. The highest BCUT2D eigenvalue weighted by molar-refractivity contribution is 7.98. The minimum Gasteiger partial charge on any atom is -0.384 e. The molecule has 0 bridgehead atoms. The molecule has 0 spiro atoms. The van der Waals surface area contributed by atoms with Crippen molar-refractivity contribution in [1.29, 1.82) is 0 Å². The molecule has 2 nitrogen and oxygen atoms in total. The van der Waals surface area contributed by atoms with Crippen molar-refractivity contribution < 1.29 is 0 Å². The van der Waals surface area contributed by atoms with Crippen LogP contribution in [0.25, 0.3) is 0 Å².